The summed E-state index contributed by atoms with van der Waals surface area (Å²) >= 11 is 0. The maximum Gasteiger partial charge on any atom is 0.410 e. The van der Waals surface area contributed by atoms with Crippen LogP contribution in [0, 0.1) is 0 Å². The SMILES string of the molecule is CC(C)(C)OC(=O)N1CCC(n2cc(Cc3ccc4c5c(cccc35)C(=O)N4C3CCC(=O)NC3=O)cn2)C(F)(F)C1. The minimum Gasteiger partial charge on any atom is -0.444 e. The van der Waals surface area contributed by atoms with Gasteiger partial charge in [-0.3, -0.25) is 29.3 Å². The number of halogens is 2. The van der Waals surface area contributed by atoms with Gasteiger partial charge in [0.1, 0.15) is 17.7 Å². The van der Waals surface area contributed by atoms with Gasteiger partial charge in [-0.2, -0.15) is 5.10 Å². The smallest absolute Gasteiger partial charge is 0.410 e. The number of ether oxygens (including phenoxy) is 1. The summed E-state index contributed by atoms with van der Waals surface area (Å²) in [6.07, 6.45) is 3.20. The Hall–Kier alpha value is -4.35. The lowest BCUT2D eigenvalue weighted by Crippen LogP contribution is -2.53. The number of benzene rings is 2. The molecule has 0 spiro atoms. The molecule has 4 amide bonds. The summed E-state index contributed by atoms with van der Waals surface area (Å²) in [5.41, 5.74) is 1.89. The molecule has 42 heavy (non-hydrogen) atoms. The molecule has 0 saturated carbocycles. The van der Waals surface area contributed by atoms with Crippen molar-refractivity contribution in [2.24, 2.45) is 0 Å². The van der Waals surface area contributed by atoms with Crippen LogP contribution in [0.5, 0.6) is 0 Å². The molecule has 2 aromatic carbocycles. The predicted molar refractivity (Wildman–Crippen MR) is 148 cm³/mol. The fraction of sp³-hybridized carbons (Fsp3) is 0.433. The average Bonchev–Trinajstić information content (AvgIpc) is 3.47. The first-order valence-corrected chi connectivity index (χ1v) is 13.9. The van der Waals surface area contributed by atoms with Crippen molar-refractivity contribution in [3.05, 3.63) is 59.4 Å². The Morgan fingerprint density at radius 1 is 1.14 bits per heavy atom. The molecule has 4 heterocycles. The van der Waals surface area contributed by atoms with Crippen LogP contribution >= 0.6 is 0 Å². The average molecular weight is 580 g/mol. The molecule has 0 bridgehead atoms. The maximum absolute atomic E-state index is 15.2. The standard InChI is InChI=1S/C30H31F2N5O5/c1-29(2,3)42-28(41)35-12-11-23(30(31,32)16-35)36-15-17(14-33-36)13-18-7-8-21-25-19(18)5-4-6-20(25)27(40)37(21)22-9-10-24(38)34-26(22)39/h4-8,14-15,22-23H,9-13,16H2,1-3H3,(H,34,38,39). The van der Waals surface area contributed by atoms with Crippen LogP contribution in [0.2, 0.25) is 0 Å². The zero-order chi connectivity index (χ0) is 30.0. The van der Waals surface area contributed by atoms with Gasteiger partial charge in [0.05, 0.1) is 18.4 Å². The lowest BCUT2D eigenvalue weighted by Gasteiger charge is -2.38. The zero-order valence-corrected chi connectivity index (χ0v) is 23.5. The molecule has 3 aliphatic rings. The third-order valence-corrected chi connectivity index (χ3v) is 7.92. The molecule has 2 unspecified atom stereocenters. The van der Waals surface area contributed by atoms with E-state index in [2.05, 4.69) is 10.4 Å². The van der Waals surface area contributed by atoms with Gasteiger partial charge in [0.2, 0.25) is 11.8 Å². The highest BCUT2D eigenvalue weighted by Gasteiger charge is 2.48. The van der Waals surface area contributed by atoms with Gasteiger partial charge < -0.3 is 9.64 Å². The molecule has 0 aliphatic carbocycles. The summed E-state index contributed by atoms with van der Waals surface area (Å²) in [4.78, 5) is 52.5. The van der Waals surface area contributed by atoms with E-state index in [1.54, 1.807) is 51.4 Å². The van der Waals surface area contributed by atoms with Crippen molar-refractivity contribution in [1.29, 1.82) is 0 Å². The van der Waals surface area contributed by atoms with E-state index in [0.29, 0.717) is 23.2 Å². The van der Waals surface area contributed by atoms with Gasteiger partial charge >= 0.3 is 6.09 Å². The van der Waals surface area contributed by atoms with Gasteiger partial charge in [-0.05, 0) is 62.3 Å². The van der Waals surface area contributed by atoms with Gasteiger partial charge in [-0.1, -0.05) is 18.2 Å². The fourth-order valence-electron chi connectivity index (χ4n) is 6.05. The number of alkyl halides is 2. The largest absolute Gasteiger partial charge is 0.444 e. The van der Waals surface area contributed by atoms with E-state index in [4.69, 9.17) is 4.74 Å². The number of likely N-dealkylation sites (tertiary alicyclic amines) is 1. The minimum atomic E-state index is -3.21. The Morgan fingerprint density at radius 2 is 1.93 bits per heavy atom. The Morgan fingerprint density at radius 3 is 2.64 bits per heavy atom. The molecule has 0 radical (unpaired) electrons. The summed E-state index contributed by atoms with van der Waals surface area (Å²) in [5.74, 6) is -4.35. The number of imide groups is 1. The third-order valence-electron chi connectivity index (χ3n) is 7.92. The van der Waals surface area contributed by atoms with Gasteiger partial charge in [-0.15, -0.1) is 0 Å². The number of anilines is 1. The third kappa shape index (κ3) is 4.88. The molecule has 10 nitrogen and oxygen atoms in total. The quantitative estimate of drug-likeness (QED) is 0.464. The molecule has 6 rings (SSSR count). The summed E-state index contributed by atoms with van der Waals surface area (Å²) in [6, 6.07) is 7.05. The van der Waals surface area contributed by atoms with Gasteiger partial charge in [0, 0.05) is 36.5 Å². The van der Waals surface area contributed by atoms with Crippen molar-refractivity contribution in [2.45, 2.75) is 70.1 Å². The van der Waals surface area contributed by atoms with E-state index in [0.717, 1.165) is 21.2 Å². The number of rotatable bonds is 4. The molecular weight excluding hydrogens is 548 g/mol. The number of amides is 4. The molecule has 2 saturated heterocycles. The molecule has 2 atom stereocenters. The summed E-state index contributed by atoms with van der Waals surface area (Å²) in [6.45, 7) is 4.44. The number of piperidine rings is 2. The topological polar surface area (TPSA) is 114 Å². The van der Waals surface area contributed by atoms with Crippen molar-refractivity contribution in [1.82, 2.24) is 20.0 Å². The Bertz CT molecular complexity index is 1630. The normalized spacial score (nSPS) is 22.1. The molecule has 3 aliphatic heterocycles. The number of carbonyl (C=O) groups is 4. The number of carbonyl (C=O) groups excluding carboxylic acids is 4. The van der Waals surface area contributed by atoms with Crippen molar-refractivity contribution in [3.63, 3.8) is 0 Å². The van der Waals surface area contributed by atoms with E-state index in [1.807, 2.05) is 12.1 Å². The molecule has 3 aromatic rings. The van der Waals surface area contributed by atoms with Crippen LogP contribution in [0.4, 0.5) is 19.3 Å². The van der Waals surface area contributed by atoms with Crippen LogP contribution in [0.1, 0.15) is 67.6 Å². The fourth-order valence-corrected chi connectivity index (χ4v) is 6.05. The minimum absolute atomic E-state index is 0.0205. The van der Waals surface area contributed by atoms with E-state index >= 15 is 8.78 Å². The van der Waals surface area contributed by atoms with E-state index in [9.17, 15) is 19.2 Å². The van der Waals surface area contributed by atoms with Gasteiger partial charge in [0.15, 0.2) is 0 Å². The van der Waals surface area contributed by atoms with Crippen LogP contribution < -0.4 is 10.2 Å². The summed E-state index contributed by atoms with van der Waals surface area (Å²) < 4.78 is 37.0. The van der Waals surface area contributed by atoms with Crippen LogP contribution in [0.15, 0.2) is 42.7 Å². The van der Waals surface area contributed by atoms with E-state index < -0.39 is 42.2 Å². The van der Waals surface area contributed by atoms with Crippen molar-refractivity contribution >= 4 is 40.3 Å². The lowest BCUT2D eigenvalue weighted by molar-refractivity contribution is -0.134. The first-order valence-electron chi connectivity index (χ1n) is 13.9. The lowest BCUT2D eigenvalue weighted by atomic mass is 9.97. The second kappa shape index (κ2) is 9.88. The molecule has 1 aromatic heterocycles. The molecular formula is C30H31F2N5O5. The van der Waals surface area contributed by atoms with Gasteiger partial charge in [0.25, 0.3) is 11.8 Å². The van der Waals surface area contributed by atoms with Crippen LogP contribution in [-0.2, 0) is 20.7 Å². The number of aromatic nitrogens is 2. The molecule has 1 N–H and O–H groups in total. The number of nitrogens with zero attached hydrogens (tertiary/aromatic N) is 4. The first kappa shape index (κ1) is 27.8. The maximum atomic E-state index is 15.2. The highest BCUT2D eigenvalue weighted by molar-refractivity contribution is 6.27. The predicted octanol–water partition coefficient (Wildman–Crippen LogP) is 4.21. The number of hydrogen-bond donors (Lipinski definition) is 1. The van der Waals surface area contributed by atoms with Crippen molar-refractivity contribution in [3.8, 4) is 0 Å². The monoisotopic (exact) mass is 579 g/mol. The van der Waals surface area contributed by atoms with Crippen LogP contribution in [-0.4, -0.2) is 69.2 Å². The highest BCUT2D eigenvalue weighted by Crippen LogP contribution is 2.42. The number of nitrogens with one attached hydrogen (secondary N) is 1. The zero-order valence-electron chi connectivity index (χ0n) is 23.5. The summed E-state index contributed by atoms with van der Waals surface area (Å²) in [5, 5.41) is 8.11. The molecule has 220 valence electrons. The Balaban J connectivity index is 1.23. The summed E-state index contributed by atoms with van der Waals surface area (Å²) in [7, 11) is 0. The van der Waals surface area contributed by atoms with Crippen molar-refractivity contribution < 1.29 is 32.7 Å². The Labute approximate surface area is 240 Å². The van der Waals surface area contributed by atoms with E-state index in [1.165, 1.54) is 9.58 Å². The first-order chi connectivity index (χ1) is 19.8. The second-order valence-corrected chi connectivity index (χ2v) is 12.1. The molecule has 12 heteroatoms. The van der Waals surface area contributed by atoms with Gasteiger partial charge in [-0.25, -0.2) is 13.6 Å². The van der Waals surface area contributed by atoms with Crippen LogP contribution in [0.25, 0.3) is 10.8 Å². The van der Waals surface area contributed by atoms with E-state index in [-0.39, 0.29) is 37.6 Å². The van der Waals surface area contributed by atoms with Crippen LogP contribution in [0.3, 0.4) is 0 Å². The highest BCUT2D eigenvalue weighted by atomic mass is 19.3. The van der Waals surface area contributed by atoms with Crippen molar-refractivity contribution in [2.75, 3.05) is 18.0 Å². The second-order valence-electron chi connectivity index (χ2n) is 12.1. The number of hydrogen-bond acceptors (Lipinski definition) is 6. The Kier molecular flexibility index (Phi) is 6.54. The molecule has 2 fully saturated rings.